The van der Waals surface area contributed by atoms with Crippen LogP contribution in [0.1, 0.15) is 23.7 Å². The Morgan fingerprint density at radius 3 is 2.74 bits per heavy atom. The molecule has 23 heavy (non-hydrogen) atoms. The molecule has 2 N–H and O–H groups in total. The van der Waals surface area contributed by atoms with E-state index in [0.29, 0.717) is 19.6 Å². The molecule has 0 fully saturated rings. The zero-order valence-electron chi connectivity index (χ0n) is 13.7. The SMILES string of the molecule is CCc1nn(C)cc1CNC(=O)N(CCO)Cc1ccccc1. The number of aliphatic hydroxyl groups excluding tert-OH is 1. The summed E-state index contributed by atoms with van der Waals surface area (Å²) in [7, 11) is 1.87. The zero-order valence-corrected chi connectivity index (χ0v) is 13.7. The molecule has 0 radical (unpaired) electrons. The Morgan fingerprint density at radius 2 is 2.09 bits per heavy atom. The lowest BCUT2D eigenvalue weighted by molar-refractivity contribution is 0.173. The highest BCUT2D eigenvalue weighted by Crippen LogP contribution is 2.08. The number of amides is 2. The molecule has 2 amide bonds. The highest BCUT2D eigenvalue weighted by Gasteiger charge is 2.14. The van der Waals surface area contributed by atoms with Crippen LogP contribution in [0.5, 0.6) is 0 Å². The summed E-state index contributed by atoms with van der Waals surface area (Å²) in [6.07, 6.45) is 2.75. The van der Waals surface area contributed by atoms with E-state index in [2.05, 4.69) is 10.4 Å². The summed E-state index contributed by atoms with van der Waals surface area (Å²) < 4.78 is 1.76. The number of aryl methyl sites for hydroxylation is 2. The van der Waals surface area contributed by atoms with E-state index in [-0.39, 0.29) is 12.6 Å². The number of rotatable bonds is 7. The lowest BCUT2D eigenvalue weighted by atomic mass is 10.2. The highest BCUT2D eigenvalue weighted by atomic mass is 16.3. The average molecular weight is 316 g/mol. The van der Waals surface area contributed by atoms with Crippen molar-refractivity contribution in [1.82, 2.24) is 20.0 Å². The highest BCUT2D eigenvalue weighted by molar-refractivity contribution is 5.74. The molecule has 124 valence electrons. The second-order valence-electron chi connectivity index (χ2n) is 5.42. The Hall–Kier alpha value is -2.34. The summed E-state index contributed by atoms with van der Waals surface area (Å²) in [5.41, 5.74) is 3.04. The van der Waals surface area contributed by atoms with Crippen molar-refractivity contribution in [3.63, 3.8) is 0 Å². The van der Waals surface area contributed by atoms with Gasteiger partial charge in [0.2, 0.25) is 0 Å². The van der Waals surface area contributed by atoms with E-state index >= 15 is 0 Å². The molecule has 0 spiro atoms. The summed E-state index contributed by atoms with van der Waals surface area (Å²) in [4.78, 5) is 14.0. The van der Waals surface area contributed by atoms with Gasteiger partial charge in [0.05, 0.1) is 12.3 Å². The van der Waals surface area contributed by atoms with Gasteiger partial charge in [-0.2, -0.15) is 5.10 Å². The largest absolute Gasteiger partial charge is 0.395 e. The van der Waals surface area contributed by atoms with Crippen LogP contribution in [0.15, 0.2) is 36.5 Å². The van der Waals surface area contributed by atoms with Crippen LogP contribution in [0, 0.1) is 0 Å². The van der Waals surface area contributed by atoms with E-state index in [4.69, 9.17) is 0 Å². The fraction of sp³-hybridized carbons (Fsp3) is 0.412. The van der Waals surface area contributed by atoms with Crippen LogP contribution in [0.4, 0.5) is 4.79 Å². The second kappa shape index (κ2) is 8.33. The molecule has 0 bridgehead atoms. The predicted molar refractivity (Wildman–Crippen MR) is 88.8 cm³/mol. The summed E-state index contributed by atoms with van der Waals surface area (Å²) >= 11 is 0. The minimum atomic E-state index is -0.186. The molecular weight excluding hydrogens is 292 g/mol. The van der Waals surface area contributed by atoms with Crippen LogP contribution in [-0.2, 0) is 26.6 Å². The molecule has 1 aromatic heterocycles. The van der Waals surface area contributed by atoms with E-state index in [9.17, 15) is 9.90 Å². The molecule has 0 atom stereocenters. The third-order valence-electron chi connectivity index (χ3n) is 3.63. The van der Waals surface area contributed by atoms with Gasteiger partial charge in [-0.1, -0.05) is 37.3 Å². The third-order valence-corrected chi connectivity index (χ3v) is 3.63. The van der Waals surface area contributed by atoms with Crippen molar-refractivity contribution in [2.75, 3.05) is 13.2 Å². The third kappa shape index (κ3) is 4.82. The topological polar surface area (TPSA) is 70.4 Å². The molecule has 6 heteroatoms. The smallest absolute Gasteiger partial charge is 0.318 e. The molecule has 2 rings (SSSR count). The van der Waals surface area contributed by atoms with Crippen molar-refractivity contribution in [2.24, 2.45) is 7.05 Å². The Balaban J connectivity index is 1.97. The summed E-state index contributed by atoms with van der Waals surface area (Å²) in [6.45, 7) is 3.19. The van der Waals surface area contributed by atoms with Crippen molar-refractivity contribution in [3.05, 3.63) is 53.3 Å². The number of nitrogens with one attached hydrogen (secondary N) is 1. The van der Waals surface area contributed by atoms with Gasteiger partial charge >= 0.3 is 6.03 Å². The maximum Gasteiger partial charge on any atom is 0.318 e. The summed E-state index contributed by atoms with van der Waals surface area (Å²) in [5.74, 6) is 0. The van der Waals surface area contributed by atoms with Gasteiger partial charge in [-0.05, 0) is 12.0 Å². The van der Waals surface area contributed by atoms with Gasteiger partial charge in [0.15, 0.2) is 0 Å². The van der Waals surface area contributed by atoms with Crippen molar-refractivity contribution in [3.8, 4) is 0 Å². The first-order chi connectivity index (χ1) is 11.1. The fourth-order valence-electron chi connectivity index (χ4n) is 2.49. The Bertz CT molecular complexity index is 625. The van der Waals surface area contributed by atoms with E-state index in [0.717, 1.165) is 23.2 Å². The molecule has 0 unspecified atom stereocenters. The van der Waals surface area contributed by atoms with Crippen LogP contribution >= 0.6 is 0 Å². The lowest BCUT2D eigenvalue weighted by Crippen LogP contribution is -2.40. The number of aromatic nitrogens is 2. The van der Waals surface area contributed by atoms with Crippen LogP contribution in [0.25, 0.3) is 0 Å². The molecule has 0 aliphatic rings. The van der Waals surface area contributed by atoms with E-state index in [1.807, 2.05) is 50.5 Å². The van der Waals surface area contributed by atoms with Crippen LogP contribution in [0.3, 0.4) is 0 Å². The quantitative estimate of drug-likeness (QED) is 0.816. The maximum absolute atomic E-state index is 12.4. The van der Waals surface area contributed by atoms with Gasteiger partial charge < -0.3 is 15.3 Å². The first kappa shape index (κ1) is 17.0. The Morgan fingerprint density at radius 1 is 1.35 bits per heavy atom. The van der Waals surface area contributed by atoms with E-state index < -0.39 is 0 Å². The van der Waals surface area contributed by atoms with Gasteiger partial charge in [0.1, 0.15) is 0 Å². The number of carbonyl (C=O) groups is 1. The van der Waals surface area contributed by atoms with Crippen LogP contribution < -0.4 is 5.32 Å². The molecule has 2 aromatic rings. The van der Waals surface area contributed by atoms with Crippen LogP contribution in [0.2, 0.25) is 0 Å². The average Bonchev–Trinajstić information content (AvgIpc) is 2.93. The summed E-state index contributed by atoms with van der Waals surface area (Å²) in [5, 5.41) is 16.5. The minimum Gasteiger partial charge on any atom is -0.395 e. The monoisotopic (exact) mass is 316 g/mol. The summed E-state index contributed by atoms with van der Waals surface area (Å²) in [6, 6.07) is 9.56. The van der Waals surface area contributed by atoms with Crippen molar-refractivity contribution >= 4 is 6.03 Å². The minimum absolute atomic E-state index is 0.0621. The standard InChI is InChI=1S/C17H24N4O2/c1-3-16-15(13-20(2)19-16)11-18-17(23)21(9-10-22)12-14-7-5-4-6-8-14/h4-8,13,22H,3,9-12H2,1-2H3,(H,18,23). The van der Waals surface area contributed by atoms with Crippen molar-refractivity contribution in [2.45, 2.75) is 26.4 Å². The van der Waals surface area contributed by atoms with Crippen LogP contribution in [-0.4, -0.2) is 39.0 Å². The number of nitrogens with zero attached hydrogens (tertiary/aromatic N) is 3. The molecule has 6 nitrogen and oxygen atoms in total. The number of urea groups is 1. The lowest BCUT2D eigenvalue weighted by Gasteiger charge is -2.22. The number of hydrogen-bond acceptors (Lipinski definition) is 3. The number of benzene rings is 1. The van der Waals surface area contributed by atoms with Gasteiger partial charge in [-0.25, -0.2) is 4.79 Å². The molecule has 0 aliphatic heterocycles. The Kier molecular flexibility index (Phi) is 6.17. The molecule has 0 saturated heterocycles. The Labute approximate surface area is 136 Å². The molecular formula is C17H24N4O2. The first-order valence-electron chi connectivity index (χ1n) is 7.83. The van der Waals surface area contributed by atoms with Gasteiger partial charge in [0, 0.05) is 38.4 Å². The van der Waals surface area contributed by atoms with Crippen molar-refractivity contribution < 1.29 is 9.90 Å². The van der Waals surface area contributed by atoms with Gasteiger partial charge in [-0.3, -0.25) is 4.68 Å². The predicted octanol–water partition coefficient (Wildman–Crippen LogP) is 1.69. The molecule has 1 aromatic carbocycles. The normalized spacial score (nSPS) is 10.6. The maximum atomic E-state index is 12.4. The second-order valence-corrected chi connectivity index (χ2v) is 5.42. The van der Waals surface area contributed by atoms with E-state index in [1.54, 1.807) is 9.58 Å². The van der Waals surface area contributed by atoms with E-state index in [1.165, 1.54) is 0 Å². The number of aliphatic hydroxyl groups is 1. The van der Waals surface area contributed by atoms with Crippen molar-refractivity contribution in [1.29, 1.82) is 0 Å². The molecule has 0 aliphatic carbocycles. The van der Waals surface area contributed by atoms with Gasteiger partial charge in [-0.15, -0.1) is 0 Å². The fourth-order valence-corrected chi connectivity index (χ4v) is 2.49. The molecule has 1 heterocycles. The zero-order chi connectivity index (χ0) is 16.7. The van der Waals surface area contributed by atoms with Gasteiger partial charge in [0.25, 0.3) is 0 Å². The number of carbonyl (C=O) groups excluding carboxylic acids is 1. The molecule has 0 saturated carbocycles. The first-order valence-corrected chi connectivity index (χ1v) is 7.83. The number of hydrogen-bond donors (Lipinski definition) is 2.